The van der Waals surface area contributed by atoms with Crippen LogP contribution in [0.5, 0.6) is 5.75 Å². The number of guanidine groups is 1. The van der Waals surface area contributed by atoms with E-state index in [2.05, 4.69) is 25.3 Å². The monoisotopic (exact) mass is 337 g/mol. The van der Waals surface area contributed by atoms with Gasteiger partial charge in [-0.3, -0.25) is 0 Å². The van der Waals surface area contributed by atoms with Crippen molar-refractivity contribution in [1.29, 1.82) is 0 Å². The Balaban J connectivity index is 1.94. The van der Waals surface area contributed by atoms with Gasteiger partial charge in [-0.15, -0.1) is 0 Å². The molecule has 0 saturated carbocycles. The fourth-order valence-electron chi connectivity index (χ4n) is 2.07. The van der Waals surface area contributed by atoms with Crippen molar-refractivity contribution >= 4 is 5.96 Å². The number of aliphatic imine (C=N–C) groups is 1. The van der Waals surface area contributed by atoms with Crippen LogP contribution in [-0.2, 0) is 13.1 Å². The van der Waals surface area contributed by atoms with Crippen LogP contribution in [0.3, 0.4) is 0 Å². The molecule has 0 amide bonds. The van der Waals surface area contributed by atoms with Crippen molar-refractivity contribution in [1.82, 2.24) is 20.2 Å². The summed E-state index contributed by atoms with van der Waals surface area (Å²) in [5.41, 5.74) is 0.601. The first-order valence-corrected chi connectivity index (χ1v) is 7.69. The molecule has 0 unspecified atom stereocenters. The number of nitrogens with one attached hydrogen (secondary N) is 2. The summed E-state index contributed by atoms with van der Waals surface area (Å²) in [4.78, 5) is 8.39. The van der Waals surface area contributed by atoms with E-state index in [0.717, 1.165) is 6.54 Å². The minimum Gasteiger partial charge on any atom is -0.434 e. The summed E-state index contributed by atoms with van der Waals surface area (Å²) in [6.07, 6.45) is 5.34. The molecule has 130 valence electrons. The number of imidazole rings is 1. The van der Waals surface area contributed by atoms with Gasteiger partial charge in [-0.25, -0.2) is 9.98 Å². The van der Waals surface area contributed by atoms with E-state index in [1.807, 2.05) is 17.7 Å². The van der Waals surface area contributed by atoms with Gasteiger partial charge in [0.2, 0.25) is 0 Å². The molecule has 1 aromatic carbocycles. The van der Waals surface area contributed by atoms with E-state index >= 15 is 0 Å². The summed E-state index contributed by atoms with van der Waals surface area (Å²) in [6, 6.07) is 6.65. The first-order valence-electron chi connectivity index (χ1n) is 7.69. The largest absolute Gasteiger partial charge is 0.434 e. The summed E-state index contributed by atoms with van der Waals surface area (Å²) in [5, 5.41) is 6.31. The highest BCUT2D eigenvalue weighted by Gasteiger charge is 2.08. The van der Waals surface area contributed by atoms with E-state index in [1.54, 1.807) is 30.7 Å². The summed E-state index contributed by atoms with van der Waals surface area (Å²) in [5.74, 6) is 0.759. The Morgan fingerprint density at radius 1 is 1.33 bits per heavy atom. The highest BCUT2D eigenvalue weighted by atomic mass is 19.3. The third-order valence-electron chi connectivity index (χ3n) is 3.16. The Hall–Kier alpha value is -2.64. The normalized spacial score (nSPS) is 11.6. The second-order valence-corrected chi connectivity index (χ2v) is 4.91. The van der Waals surface area contributed by atoms with Gasteiger partial charge in [0.05, 0.1) is 12.9 Å². The molecule has 0 aliphatic carbocycles. The molecule has 2 N–H and O–H groups in total. The predicted octanol–water partition coefficient (Wildman–Crippen LogP) is 2.24. The van der Waals surface area contributed by atoms with Gasteiger partial charge in [0.15, 0.2) is 5.96 Å². The minimum absolute atomic E-state index is 0.144. The number of benzene rings is 1. The molecule has 0 spiro atoms. The molecule has 0 saturated heterocycles. The zero-order chi connectivity index (χ0) is 17.2. The van der Waals surface area contributed by atoms with E-state index in [1.165, 1.54) is 6.07 Å². The Labute approximate surface area is 139 Å². The average Bonchev–Trinajstić information content (AvgIpc) is 3.06. The van der Waals surface area contributed by atoms with E-state index in [0.29, 0.717) is 24.6 Å². The number of halogens is 2. The zero-order valence-corrected chi connectivity index (χ0v) is 13.5. The third-order valence-corrected chi connectivity index (χ3v) is 3.16. The molecule has 8 heteroatoms. The van der Waals surface area contributed by atoms with Gasteiger partial charge in [0.1, 0.15) is 5.75 Å². The lowest BCUT2D eigenvalue weighted by Crippen LogP contribution is -2.38. The third kappa shape index (κ3) is 5.86. The van der Waals surface area contributed by atoms with Gasteiger partial charge in [-0.1, -0.05) is 18.2 Å². The number of nitrogens with zero attached hydrogens (tertiary/aromatic N) is 3. The lowest BCUT2D eigenvalue weighted by atomic mass is 10.2. The molecule has 0 bridgehead atoms. The smallest absolute Gasteiger partial charge is 0.387 e. The van der Waals surface area contributed by atoms with E-state index in [4.69, 9.17) is 0 Å². The predicted molar refractivity (Wildman–Crippen MR) is 88.1 cm³/mol. The van der Waals surface area contributed by atoms with Crippen LogP contribution in [0.2, 0.25) is 0 Å². The summed E-state index contributed by atoms with van der Waals surface area (Å²) in [6.45, 7) is 1.46. The van der Waals surface area contributed by atoms with Gasteiger partial charge < -0.3 is 19.9 Å². The molecular weight excluding hydrogens is 316 g/mol. The number of hydrogen-bond acceptors (Lipinski definition) is 3. The minimum atomic E-state index is -2.85. The lowest BCUT2D eigenvalue weighted by Gasteiger charge is -2.13. The molecule has 0 radical (unpaired) electrons. The Morgan fingerprint density at radius 3 is 2.88 bits per heavy atom. The molecule has 0 fully saturated rings. The van der Waals surface area contributed by atoms with Crippen molar-refractivity contribution in [2.45, 2.75) is 26.6 Å². The first-order chi connectivity index (χ1) is 11.7. The zero-order valence-electron chi connectivity index (χ0n) is 13.5. The number of ether oxygens (including phenoxy) is 1. The van der Waals surface area contributed by atoms with Gasteiger partial charge in [-0.05, 0) is 13.0 Å². The Morgan fingerprint density at radius 2 is 2.17 bits per heavy atom. The van der Waals surface area contributed by atoms with Gasteiger partial charge in [0.25, 0.3) is 0 Å². The van der Waals surface area contributed by atoms with Crippen LogP contribution in [0.4, 0.5) is 8.78 Å². The van der Waals surface area contributed by atoms with Crippen LogP contribution in [0.15, 0.2) is 48.0 Å². The first kappa shape index (κ1) is 17.7. The summed E-state index contributed by atoms with van der Waals surface area (Å²) < 4.78 is 31.3. The van der Waals surface area contributed by atoms with Gasteiger partial charge in [-0.2, -0.15) is 8.78 Å². The molecule has 24 heavy (non-hydrogen) atoms. The van der Waals surface area contributed by atoms with E-state index in [9.17, 15) is 8.78 Å². The second-order valence-electron chi connectivity index (χ2n) is 4.91. The van der Waals surface area contributed by atoms with E-state index < -0.39 is 6.61 Å². The molecule has 6 nitrogen and oxygen atoms in total. The molecule has 0 atom stereocenters. The second kappa shape index (κ2) is 9.49. The van der Waals surface area contributed by atoms with Crippen LogP contribution in [-0.4, -0.2) is 35.2 Å². The van der Waals surface area contributed by atoms with Crippen LogP contribution >= 0.6 is 0 Å². The van der Waals surface area contributed by atoms with Crippen LogP contribution in [0.25, 0.3) is 0 Å². The molecule has 2 rings (SSSR count). The topological polar surface area (TPSA) is 63.5 Å². The van der Waals surface area contributed by atoms with Crippen molar-refractivity contribution in [3.05, 3.63) is 48.5 Å². The van der Waals surface area contributed by atoms with Crippen molar-refractivity contribution in [2.75, 3.05) is 13.1 Å². The number of aromatic nitrogens is 2. The maximum absolute atomic E-state index is 12.4. The van der Waals surface area contributed by atoms with Crippen molar-refractivity contribution < 1.29 is 13.5 Å². The fraction of sp³-hybridized carbons (Fsp3) is 0.375. The molecule has 2 aromatic rings. The van der Waals surface area contributed by atoms with Gasteiger partial charge in [0, 0.05) is 37.6 Å². The van der Waals surface area contributed by atoms with Crippen LogP contribution < -0.4 is 15.4 Å². The SMILES string of the molecule is CCNC(=NCc1ccccc1OC(F)F)NCCn1ccnc1. The number of hydrogen-bond donors (Lipinski definition) is 2. The summed E-state index contributed by atoms with van der Waals surface area (Å²) >= 11 is 0. The van der Waals surface area contributed by atoms with Crippen LogP contribution in [0, 0.1) is 0 Å². The number of alkyl halides is 2. The van der Waals surface area contributed by atoms with Crippen molar-refractivity contribution in [3.8, 4) is 5.75 Å². The highest BCUT2D eigenvalue weighted by Crippen LogP contribution is 2.20. The Kier molecular flexibility index (Phi) is 7.00. The van der Waals surface area contributed by atoms with Gasteiger partial charge >= 0.3 is 6.61 Å². The number of rotatable bonds is 8. The molecule has 0 aliphatic rings. The quantitative estimate of drug-likeness (QED) is 0.573. The molecule has 1 heterocycles. The highest BCUT2D eigenvalue weighted by molar-refractivity contribution is 5.79. The number of para-hydroxylation sites is 1. The van der Waals surface area contributed by atoms with E-state index in [-0.39, 0.29) is 12.3 Å². The average molecular weight is 337 g/mol. The Bertz CT molecular complexity index is 631. The maximum Gasteiger partial charge on any atom is 0.387 e. The summed E-state index contributed by atoms with van der Waals surface area (Å²) in [7, 11) is 0. The van der Waals surface area contributed by atoms with Crippen molar-refractivity contribution in [2.24, 2.45) is 4.99 Å². The van der Waals surface area contributed by atoms with Crippen LogP contribution in [0.1, 0.15) is 12.5 Å². The fourth-order valence-corrected chi connectivity index (χ4v) is 2.07. The molecular formula is C16H21F2N5O. The van der Waals surface area contributed by atoms with Crippen molar-refractivity contribution in [3.63, 3.8) is 0 Å². The maximum atomic E-state index is 12.4. The molecule has 0 aliphatic heterocycles. The lowest BCUT2D eigenvalue weighted by molar-refractivity contribution is -0.0504. The standard InChI is InChI=1S/C16H21F2N5O/c1-2-20-16(21-8-10-23-9-7-19-12-23)22-11-13-5-3-4-6-14(13)24-15(17)18/h3-7,9,12,15H,2,8,10-11H2,1H3,(H2,20,21,22). The molecule has 1 aromatic heterocycles.